The normalized spacial score (nSPS) is 12.7. The Morgan fingerprint density at radius 1 is 1.07 bits per heavy atom. The smallest absolute Gasteiger partial charge is 0.261 e. The molecule has 0 bridgehead atoms. The van der Waals surface area contributed by atoms with Gasteiger partial charge >= 0.3 is 0 Å². The number of hydrogen-bond acceptors (Lipinski definition) is 3. The number of halogens is 3. The van der Waals surface area contributed by atoms with Crippen LogP contribution in [0, 0.1) is 0 Å². The second-order valence-corrected chi connectivity index (χ2v) is 8.22. The van der Waals surface area contributed by atoms with Crippen LogP contribution in [0.3, 0.4) is 0 Å². The number of amides is 2. The fraction of sp³-hybridized carbons (Fsp3) is 0.364. The van der Waals surface area contributed by atoms with Gasteiger partial charge in [0.2, 0.25) is 5.91 Å². The number of rotatable bonds is 9. The molecule has 1 N–H and O–H groups in total. The predicted molar refractivity (Wildman–Crippen MR) is 121 cm³/mol. The van der Waals surface area contributed by atoms with Crippen LogP contribution in [0.5, 0.6) is 5.75 Å². The maximum absolute atomic E-state index is 13.0. The Morgan fingerprint density at radius 3 is 2.40 bits per heavy atom. The summed E-state index contributed by atoms with van der Waals surface area (Å²) in [6.45, 7) is 5.46. The SMILES string of the molecule is CCC(C)NC(=O)C(C)N(Cc1ccccc1Cl)C(=O)COc1ccc(Cl)cc1Cl. The molecule has 0 saturated heterocycles. The highest BCUT2D eigenvalue weighted by molar-refractivity contribution is 6.35. The van der Waals surface area contributed by atoms with E-state index in [4.69, 9.17) is 39.5 Å². The molecule has 0 aliphatic heterocycles. The molecule has 2 aromatic carbocycles. The van der Waals surface area contributed by atoms with Gasteiger partial charge in [-0.3, -0.25) is 9.59 Å². The Kier molecular flexibility index (Phi) is 9.28. The minimum absolute atomic E-state index is 0.00124. The van der Waals surface area contributed by atoms with Gasteiger partial charge in [0, 0.05) is 22.6 Å². The lowest BCUT2D eigenvalue weighted by molar-refractivity contribution is -0.142. The molecule has 0 saturated carbocycles. The summed E-state index contributed by atoms with van der Waals surface area (Å²) in [5, 5.41) is 4.20. The molecule has 2 unspecified atom stereocenters. The number of nitrogens with zero attached hydrogens (tertiary/aromatic N) is 1. The lowest BCUT2D eigenvalue weighted by Crippen LogP contribution is -2.50. The first-order chi connectivity index (χ1) is 14.2. The molecule has 8 heteroatoms. The summed E-state index contributed by atoms with van der Waals surface area (Å²) >= 11 is 18.3. The van der Waals surface area contributed by atoms with E-state index in [9.17, 15) is 9.59 Å². The van der Waals surface area contributed by atoms with Crippen molar-refractivity contribution in [2.45, 2.75) is 45.8 Å². The molecule has 2 amide bonds. The molecule has 2 atom stereocenters. The molecule has 0 radical (unpaired) electrons. The lowest BCUT2D eigenvalue weighted by Gasteiger charge is -2.30. The van der Waals surface area contributed by atoms with Crippen molar-refractivity contribution in [3.63, 3.8) is 0 Å². The van der Waals surface area contributed by atoms with E-state index in [1.54, 1.807) is 25.1 Å². The Morgan fingerprint density at radius 2 is 1.77 bits per heavy atom. The van der Waals surface area contributed by atoms with E-state index in [1.165, 1.54) is 11.0 Å². The molecule has 0 fully saturated rings. The zero-order valence-electron chi connectivity index (χ0n) is 17.1. The van der Waals surface area contributed by atoms with Gasteiger partial charge in [-0.05, 0) is 50.1 Å². The summed E-state index contributed by atoms with van der Waals surface area (Å²) < 4.78 is 5.59. The van der Waals surface area contributed by atoms with Crippen molar-refractivity contribution in [2.75, 3.05) is 6.61 Å². The molecule has 0 aromatic heterocycles. The van der Waals surface area contributed by atoms with Crippen LogP contribution in [-0.4, -0.2) is 35.4 Å². The molecule has 2 aromatic rings. The van der Waals surface area contributed by atoms with Gasteiger partial charge in [-0.15, -0.1) is 0 Å². The average Bonchev–Trinajstić information content (AvgIpc) is 2.71. The van der Waals surface area contributed by atoms with Gasteiger partial charge in [-0.25, -0.2) is 0 Å². The van der Waals surface area contributed by atoms with Crippen LogP contribution >= 0.6 is 34.8 Å². The number of benzene rings is 2. The van der Waals surface area contributed by atoms with Gasteiger partial charge in [0.15, 0.2) is 6.61 Å². The van der Waals surface area contributed by atoms with Crippen molar-refractivity contribution in [3.8, 4) is 5.75 Å². The predicted octanol–water partition coefficient (Wildman–Crippen LogP) is 5.36. The fourth-order valence-electron chi connectivity index (χ4n) is 2.67. The van der Waals surface area contributed by atoms with E-state index >= 15 is 0 Å². The third kappa shape index (κ3) is 6.79. The lowest BCUT2D eigenvalue weighted by atomic mass is 10.1. The molecule has 0 aliphatic carbocycles. The van der Waals surface area contributed by atoms with Crippen LogP contribution in [0.2, 0.25) is 15.1 Å². The number of ether oxygens (including phenoxy) is 1. The third-order valence-electron chi connectivity index (χ3n) is 4.71. The number of carbonyl (C=O) groups is 2. The zero-order valence-corrected chi connectivity index (χ0v) is 19.4. The van der Waals surface area contributed by atoms with Gasteiger partial charge in [0.1, 0.15) is 11.8 Å². The van der Waals surface area contributed by atoms with Crippen LogP contribution in [0.15, 0.2) is 42.5 Å². The molecule has 30 heavy (non-hydrogen) atoms. The maximum Gasteiger partial charge on any atom is 0.261 e. The molecule has 0 heterocycles. The quantitative estimate of drug-likeness (QED) is 0.536. The van der Waals surface area contributed by atoms with Crippen LogP contribution in [0.25, 0.3) is 0 Å². The molecule has 2 rings (SSSR count). The monoisotopic (exact) mass is 470 g/mol. The van der Waals surface area contributed by atoms with Crippen LogP contribution < -0.4 is 10.1 Å². The minimum atomic E-state index is -0.716. The Hall–Kier alpha value is -1.95. The van der Waals surface area contributed by atoms with Gasteiger partial charge in [0.05, 0.1) is 5.02 Å². The Bertz CT molecular complexity index is 892. The average molecular weight is 472 g/mol. The first-order valence-corrected chi connectivity index (χ1v) is 10.8. The van der Waals surface area contributed by atoms with E-state index in [-0.39, 0.29) is 31.0 Å². The van der Waals surface area contributed by atoms with Crippen molar-refractivity contribution >= 4 is 46.6 Å². The van der Waals surface area contributed by atoms with E-state index in [0.29, 0.717) is 20.8 Å². The van der Waals surface area contributed by atoms with Crippen molar-refractivity contribution in [2.24, 2.45) is 0 Å². The van der Waals surface area contributed by atoms with Crippen molar-refractivity contribution in [3.05, 3.63) is 63.1 Å². The number of hydrogen-bond donors (Lipinski definition) is 1. The second-order valence-electron chi connectivity index (χ2n) is 6.97. The summed E-state index contributed by atoms with van der Waals surface area (Å²) in [5.41, 5.74) is 0.736. The van der Waals surface area contributed by atoms with Gasteiger partial charge in [-0.2, -0.15) is 0 Å². The van der Waals surface area contributed by atoms with Gasteiger partial charge in [0.25, 0.3) is 5.91 Å². The first-order valence-electron chi connectivity index (χ1n) is 9.64. The summed E-state index contributed by atoms with van der Waals surface area (Å²) in [5.74, 6) is -0.272. The largest absolute Gasteiger partial charge is 0.482 e. The van der Waals surface area contributed by atoms with Crippen molar-refractivity contribution < 1.29 is 14.3 Å². The Balaban J connectivity index is 2.19. The highest BCUT2D eigenvalue weighted by Gasteiger charge is 2.27. The van der Waals surface area contributed by atoms with Gasteiger partial charge in [-0.1, -0.05) is 59.9 Å². The summed E-state index contributed by atoms with van der Waals surface area (Å²) in [6.07, 6.45) is 0.787. The van der Waals surface area contributed by atoms with Crippen molar-refractivity contribution in [1.82, 2.24) is 10.2 Å². The van der Waals surface area contributed by atoms with Crippen LogP contribution in [0.1, 0.15) is 32.8 Å². The summed E-state index contributed by atoms with van der Waals surface area (Å²) in [7, 11) is 0. The third-order valence-corrected chi connectivity index (χ3v) is 5.61. The number of carbonyl (C=O) groups excluding carboxylic acids is 2. The van der Waals surface area contributed by atoms with E-state index in [1.807, 2.05) is 32.0 Å². The van der Waals surface area contributed by atoms with E-state index < -0.39 is 6.04 Å². The summed E-state index contributed by atoms with van der Waals surface area (Å²) in [4.78, 5) is 27.2. The summed E-state index contributed by atoms with van der Waals surface area (Å²) in [6, 6.07) is 11.2. The topological polar surface area (TPSA) is 58.6 Å². The highest BCUT2D eigenvalue weighted by Crippen LogP contribution is 2.27. The first kappa shape index (κ1) is 24.3. The Labute approximate surface area is 192 Å². The van der Waals surface area contributed by atoms with Gasteiger partial charge < -0.3 is 15.0 Å². The van der Waals surface area contributed by atoms with E-state index in [0.717, 1.165) is 12.0 Å². The van der Waals surface area contributed by atoms with Crippen LogP contribution in [0.4, 0.5) is 0 Å². The molecular weight excluding hydrogens is 447 g/mol. The molecule has 0 spiro atoms. The van der Waals surface area contributed by atoms with Crippen molar-refractivity contribution in [1.29, 1.82) is 0 Å². The van der Waals surface area contributed by atoms with E-state index in [2.05, 4.69) is 5.32 Å². The molecule has 0 aliphatic rings. The maximum atomic E-state index is 13.0. The zero-order chi connectivity index (χ0) is 22.3. The van der Waals surface area contributed by atoms with Crippen LogP contribution in [-0.2, 0) is 16.1 Å². The molecule has 162 valence electrons. The molecular formula is C22H25Cl3N2O3. The molecule has 5 nitrogen and oxygen atoms in total. The minimum Gasteiger partial charge on any atom is -0.482 e. The number of nitrogens with one attached hydrogen (secondary N) is 1. The second kappa shape index (κ2) is 11.4. The fourth-order valence-corrected chi connectivity index (χ4v) is 3.33. The standard InChI is InChI=1S/C22H25Cl3N2O3/c1-4-14(2)26-22(29)15(3)27(12-16-7-5-6-8-18(16)24)21(28)13-30-20-10-9-17(23)11-19(20)25/h5-11,14-15H,4,12-13H2,1-3H3,(H,26,29). The highest BCUT2D eigenvalue weighted by atomic mass is 35.5.